The largest absolute Gasteiger partial charge is 0.481 e. The molecule has 0 amide bonds. The summed E-state index contributed by atoms with van der Waals surface area (Å²) in [7, 11) is 0. The van der Waals surface area contributed by atoms with Crippen LogP contribution in [0.4, 0.5) is 0 Å². The average molecular weight is 298 g/mol. The van der Waals surface area contributed by atoms with E-state index < -0.39 is 5.97 Å². The van der Waals surface area contributed by atoms with Crippen LogP contribution in [0.15, 0.2) is 0 Å². The van der Waals surface area contributed by atoms with E-state index in [1.807, 2.05) is 0 Å². The molecule has 0 radical (unpaired) electrons. The second-order valence-corrected chi connectivity index (χ2v) is 6.19. The Morgan fingerprint density at radius 2 is 2.06 bits per heavy atom. The lowest BCUT2D eigenvalue weighted by Gasteiger charge is -2.21. The van der Waals surface area contributed by atoms with Gasteiger partial charge in [0.2, 0.25) is 0 Å². The molecule has 0 heterocycles. The highest BCUT2D eigenvalue weighted by Crippen LogP contribution is 2.24. The van der Waals surface area contributed by atoms with Crippen LogP contribution >= 0.6 is 37.0 Å². The first-order valence-electron chi connectivity index (χ1n) is 5.90. The number of aliphatic carboxylic acids is 1. The minimum Gasteiger partial charge on any atom is -0.481 e. The molecular weight excluding hydrogens is 274 g/mol. The standard InChI is InChI=1S/C11H23NO2S3/c12-8-17-6-5-9(10(16)7-15)3-1-2-4-11(13)14/h9-10,15-16H,1-8,12H2,(H,13,14). The summed E-state index contributed by atoms with van der Waals surface area (Å²) in [6.07, 6.45) is 4.09. The third-order valence-electron chi connectivity index (χ3n) is 2.70. The van der Waals surface area contributed by atoms with Gasteiger partial charge in [-0.2, -0.15) is 25.3 Å². The van der Waals surface area contributed by atoms with Crippen molar-refractivity contribution in [2.45, 2.75) is 37.4 Å². The highest BCUT2D eigenvalue weighted by atomic mass is 32.2. The van der Waals surface area contributed by atoms with Gasteiger partial charge in [-0.3, -0.25) is 4.79 Å². The Labute approximate surface area is 119 Å². The molecule has 0 aliphatic rings. The van der Waals surface area contributed by atoms with E-state index in [4.69, 9.17) is 10.8 Å². The minimum atomic E-state index is -0.711. The predicted molar refractivity (Wildman–Crippen MR) is 82.4 cm³/mol. The second-order valence-electron chi connectivity index (χ2n) is 4.01. The molecule has 0 aromatic heterocycles. The van der Waals surface area contributed by atoms with Gasteiger partial charge in [0.1, 0.15) is 0 Å². The molecule has 0 fully saturated rings. The summed E-state index contributed by atoms with van der Waals surface area (Å²) in [6, 6.07) is 0. The normalized spacial score (nSPS) is 14.5. The van der Waals surface area contributed by atoms with Crippen molar-refractivity contribution in [1.82, 2.24) is 0 Å². The van der Waals surface area contributed by atoms with Crippen LogP contribution in [-0.4, -0.2) is 33.7 Å². The van der Waals surface area contributed by atoms with Crippen LogP contribution in [0.5, 0.6) is 0 Å². The summed E-state index contributed by atoms with van der Waals surface area (Å²) in [5, 5.41) is 8.86. The monoisotopic (exact) mass is 297 g/mol. The first-order chi connectivity index (χ1) is 8.11. The molecule has 2 atom stereocenters. The van der Waals surface area contributed by atoms with Crippen LogP contribution in [0.1, 0.15) is 32.1 Å². The minimum absolute atomic E-state index is 0.266. The smallest absolute Gasteiger partial charge is 0.303 e. The van der Waals surface area contributed by atoms with Crippen molar-refractivity contribution in [3.63, 3.8) is 0 Å². The zero-order valence-electron chi connectivity index (χ0n) is 10.0. The first-order valence-corrected chi connectivity index (χ1v) is 8.20. The Morgan fingerprint density at radius 3 is 2.59 bits per heavy atom. The maximum Gasteiger partial charge on any atom is 0.303 e. The Morgan fingerprint density at radius 1 is 1.35 bits per heavy atom. The number of hydrogen-bond acceptors (Lipinski definition) is 5. The molecule has 17 heavy (non-hydrogen) atoms. The van der Waals surface area contributed by atoms with Gasteiger partial charge < -0.3 is 10.8 Å². The maximum absolute atomic E-state index is 10.4. The van der Waals surface area contributed by atoms with Gasteiger partial charge in [-0.1, -0.05) is 6.42 Å². The Kier molecular flexibility index (Phi) is 11.9. The van der Waals surface area contributed by atoms with Gasteiger partial charge in [0, 0.05) is 23.3 Å². The van der Waals surface area contributed by atoms with E-state index >= 15 is 0 Å². The van der Waals surface area contributed by atoms with Crippen molar-refractivity contribution in [2.24, 2.45) is 11.7 Å². The molecule has 0 saturated heterocycles. The Balaban J connectivity index is 3.80. The van der Waals surface area contributed by atoms with Gasteiger partial charge in [0.05, 0.1) is 0 Å². The molecule has 3 N–H and O–H groups in total. The number of carbonyl (C=O) groups is 1. The van der Waals surface area contributed by atoms with Crippen molar-refractivity contribution in [2.75, 3.05) is 17.4 Å². The van der Waals surface area contributed by atoms with Gasteiger partial charge in [-0.15, -0.1) is 11.8 Å². The van der Waals surface area contributed by atoms with Gasteiger partial charge in [-0.05, 0) is 30.9 Å². The molecule has 0 spiro atoms. The number of carboxylic acid groups (broad SMARTS) is 1. The maximum atomic E-state index is 10.4. The van der Waals surface area contributed by atoms with Crippen molar-refractivity contribution >= 4 is 43.0 Å². The summed E-state index contributed by atoms with van der Waals surface area (Å²) in [5.74, 6) is 2.27. The molecule has 0 aromatic rings. The number of thiol groups is 2. The van der Waals surface area contributed by atoms with E-state index in [2.05, 4.69) is 25.3 Å². The summed E-state index contributed by atoms with van der Waals surface area (Å²) in [4.78, 5) is 10.4. The van der Waals surface area contributed by atoms with Crippen LogP contribution in [0, 0.1) is 5.92 Å². The molecule has 0 bridgehead atoms. The molecule has 0 aromatic carbocycles. The molecule has 0 saturated carbocycles. The average Bonchev–Trinajstić information content (AvgIpc) is 2.31. The summed E-state index contributed by atoms with van der Waals surface area (Å²) >= 11 is 10.5. The SMILES string of the molecule is NCSCCC(CCCCC(=O)O)C(S)CS. The van der Waals surface area contributed by atoms with Crippen LogP contribution in [0.2, 0.25) is 0 Å². The predicted octanol–water partition coefficient (Wildman–Crippen LogP) is 2.52. The highest BCUT2D eigenvalue weighted by Gasteiger charge is 2.16. The van der Waals surface area contributed by atoms with Gasteiger partial charge in [0.25, 0.3) is 0 Å². The lowest BCUT2D eigenvalue weighted by atomic mass is 9.95. The van der Waals surface area contributed by atoms with Crippen molar-refractivity contribution < 1.29 is 9.90 Å². The molecule has 6 heteroatoms. The summed E-state index contributed by atoms with van der Waals surface area (Å²) in [6.45, 7) is 0. The molecule has 2 unspecified atom stereocenters. The molecule has 0 rings (SSSR count). The Bertz CT molecular complexity index is 205. The van der Waals surface area contributed by atoms with Crippen molar-refractivity contribution in [1.29, 1.82) is 0 Å². The van der Waals surface area contributed by atoms with Crippen molar-refractivity contribution in [3.05, 3.63) is 0 Å². The van der Waals surface area contributed by atoms with E-state index in [1.54, 1.807) is 11.8 Å². The molecule has 102 valence electrons. The van der Waals surface area contributed by atoms with Crippen LogP contribution in [-0.2, 0) is 4.79 Å². The van der Waals surface area contributed by atoms with E-state index in [1.165, 1.54) is 0 Å². The van der Waals surface area contributed by atoms with Gasteiger partial charge >= 0.3 is 5.97 Å². The van der Waals surface area contributed by atoms with Crippen LogP contribution < -0.4 is 5.73 Å². The number of rotatable bonds is 11. The topological polar surface area (TPSA) is 63.3 Å². The molecular formula is C11H23NO2S3. The number of thioether (sulfide) groups is 1. The van der Waals surface area contributed by atoms with E-state index in [0.29, 0.717) is 17.0 Å². The Hall–Kier alpha value is 0.480. The van der Waals surface area contributed by atoms with Crippen LogP contribution in [0.3, 0.4) is 0 Å². The first kappa shape index (κ1) is 17.5. The van der Waals surface area contributed by atoms with Crippen LogP contribution in [0.25, 0.3) is 0 Å². The fourth-order valence-corrected chi connectivity index (χ4v) is 2.91. The van der Waals surface area contributed by atoms with E-state index in [9.17, 15) is 4.79 Å². The highest BCUT2D eigenvalue weighted by molar-refractivity contribution is 7.99. The summed E-state index contributed by atoms with van der Waals surface area (Å²) < 4.78 is 0. The fourth-order valence-electron chi connectivity index (χ4n) is 1.68. The van der Waals surface area contributed by atoms with E-state index in [-0.39, 0.29) is 6.42 Å². The zero-order chi connectivity index (χ0) is 13.1. The van der Waals surface area contributed by atoms with Gasteiger partial charge in [0.15, 0.2) is 0 Å². The summed E-state index contributed by atoms with van der Waals surface area (Å²) in [5.41, 5.74) is 5.44. The molecule has 3 nitrogen and oxygen atoms in total. The third kappa shape index (κ3) is 10.1. The number of unbranched alkanes of at least 4 members (excludes halogenated alkanes) is 1. The number of carboxylic acids is 1. The third-order valence-corrected chi connectivity index (χ3v) is 4.74. The molecule has 0 aliphatic heterocycles. The number of hydrogen-bond donors (Lipinski definition) is 4. The number of nitrogens with two attached hydrogens (primary N) is 1. The molecule has 0 aliphatic carbocycles. The lowest BCUT2D eigenvalue weighted by Crippen LogP contribution is -2.18. The lowest BCUT2D eigenvalue weighted by molar-refractivity contribution is -0.137. The van der Waals surface area contributed by atoms with E-state index in [0.717, 1.165) is 37.2 Å². The fraction of sp³-hybridized carbons (Fsp3) is 0.909. The van der Waals surface area contributed by atoms with Gasteiger partial charge in [-0.25, -0.2) is 0 Å². The zero-order valence-corrected chi connectivity index (χ0v) is 12.7. The second kappa shape index (κ2) is 11.6. The van der Waals surface area contributed by atoms with Crippen molar-refractivity contribution in [3.8, 4) is 0 Å². The quantitative estimate of drug-likeness (QED) is 0.269.